The summed E-state index contributed by atoms with van der Waals surface area (Å²) in [5.74, 6) is -0.870. The lowest BCUT2D eigenvalue weighted by molar-refractivity contribution is 0.528. The van der Waals surface area contributed by atoms with Gasteiger partial charge in [0.1, 0.15) is 17.3 Å². The highest BCUT2D eigenvalue weighted by Gasteiger charge is 2.19. The highest BCUT2D eigenvalue weighted by atomic mass is 19.1. The van der Waals surface area contributed by atoms with Crippen LogP contribution in [0.3, 0.4) is 0 Å². The predicted molar refractivity (Wildman–Crippen MR) is 74.4 cm³/mol. The average molecular weight is 268 g/mol. The van der Waals surface area contributed by atoms with E-state index in [9.17, 15) is 8.78 Å². The summed E-state index contributed by atoms with van der Waals surface area (Å²) >= 11 is 0. The minimum Gasteiger partial charge on any atom is -0.367 e. The third kappa shape index (κ3) is 3.66. The summed E-state index contributed by atoms with van der Waals surface area (Å²) in [5.41, 5.74) is 0.822. The first-order valence-electron chi connectivity index (χ1n) is 7.16. The van der Waals surface area contributed by atoms with E-state index >= 15 is 0 Å². The Morgan fingerprint density at radius 2 is 1.74 bits per heavy atom. The monoisotopic (exact) mass is 268 g/mol. The summed E-state index contributed by atoms with van der Waals surface area (Å²) in [5, 5.41) is 3.16. The molecular weight excluding hydrogens is 246 g/mol. The smallest absolute Gasteiger partial charge is 0.149 e. The highest BCUT2D eigenvalue weighted by molar-refractivity contribution is 5.51. The summed E-state index contributed by atoms with van der Waals surface area (Å²) < 4.78 is 28.2. The van der Waals surface area contributed by atoms with Crippen molar-refractivity contribution in [3.8, 4) is 0 Å². The summed E-state index contributed by atoms with van der Waals surface area (Å²) in [6, 6.07) is 2.91. The molecule has 2 nitrogen and oxygen atoms in total. The topological polar surface area (TPSA) is 15.3 Å². The zero-order chi connectivity index (χ0) is 13.7. The van der Waals surface area contributed by atoms with Gasteiger partial charge in [0.05, 0.1) is 0 Å². The van der Waals surface area contributed by atoms with Gasteiger partial charge in [-0.15, -0.1) is 0 Å². The quantitative estimate of drug-likeness (QED) is 0.823. The fourth-order valence-electron chi connectivity index (χ4n) is 2.55. The summed E-state index contributed by atoms with van der Waals surface area (Å²) in [7, 11) is 0. The molecule has 106 valence electrons. The van der Waals surface area contributed by atoms with Gasteiger partial charge in [-0.2, -0.15) is 0 Å². The van der Waals surface area contributed by atoms with E-state index in [1.165, 1.54) is 12.1 Å². The van der Waals surface area contributed by atoms with Crippen LogP contribution >= 0.6 is 0 Å². The van der Waals surface area contributed by atoms with Gasteiger partial charge in [0, 0.05) is 19.6 Å². The molecule has 0 amide bonds. The van der Waals surface area contributed by atoms with Gasteiger partial charge in [-0.1, -0.05) is 6.92 Å². The zero-order valence-electron chi connectivity index (χ0n) is 11.5. The molecule has 1 fully saturated rings. The van der Waals surface area contributed by atoms with Crippen molar-refractivity contribution in [1.82, 2.24) is 5.32 Å². The first-order chi connectivity index (χ1) is 9.22. The lowest BCUT2D eigenvalue weighted by atomic mass is 10.1. The number of halogens is 2. The second kappa shape index (κ2) is 6.85. The molecule has 1 aromatic carbocycles. The fraction of sp³-hybridized carbons (Fsp3) is 0.600. The number of rotatable bonds is 5. The van der Waals surface area contributed by atoms with Crippen LogP contribution in [0, 0.1) is 11.6 Å². The Balaban J connectivity index is 2.12. The molecule has 1 saturated heterocycles. The first kappa shape index (κ1) is 14.3. The number of nitrogens with zero attached hydrogens (tertiary/aromatic N) is 1. The van der Waals surface area contributed by atoms with E-state index in [-0.39, 0.29) is 5.69 Å². The van der Waals surface area contributed by atoms with E-state index in [1.54, 1.807) is 0 Å². The summed E-state index contributed by atoms with van der Waals surface area (Å²) in [6.45, 7) is 4.94. The Morgan fingerprint density at radius 1 is 1.11 bits per heavy atom. The number of nitrogens with one attached hydrogen (secondary N) is 1. The van der Waals surface area contributed by atoms with Crippen molar-refractivity contribution < 1.29 is 8.78 Å². The van der Waals surface area contributed by atoms with E-state index in [1.807, 2.05) is 4.90 Å². The lowest BCUT2D eigenvalue weighted by Gasteiger charge is -2.29. The van der Waals surface area contributed by atoms with Crippen LogP contribution in [-0.2, 0) is 6.54 Å². The van der Waals surface area contributed by atoms with E-state index < -0.39 is 11.6 Å². The largest absolute Gasteiger partial charge is 0.367 e. The highest BCUT2D eigenvalue weighted by Crippen LogP contribution is 2.27. The molecule has 0 radical (unpaired) electrons. The van der Waals surface area contributed by atoms with Crippen LogP contribution in [0.1, 0.15) is 38.2 Å². The molecule has 1 aromatic rings. The lowest BCUT2D eigenvalue weighted by Crippen LogP contribution is -2.31. The Bertz CT molecular complexity index is 392. The SMILES string of the molecule is CCCNCc1cc(F)c(N2CCCCC2)c(F)c1. The van der Waals surface area contributed by atoms with Gasteiger partial charge < -0.3 is 10.2 Å². The number of anilines is 1. The number of benzene rings is 1. The Hall–Kier alpha value is -1.16. The van der Waals surface area contributed by atoms with Gasteiger partial charge in [-0.25, -0.2) is 8.78 Å². The molecule has 2 rings (SSSR count). The van der Waals surface area contributed by atoms with Crippen molar-refractivity contribution in [2.75, 3.05) is 24.5 Å². The van der Waals surface area contributed by atoms with Crippen LogP contribution in [0.25, 0.3) is 0 Å². The third-order valence-corrected chi connectivity index (χ3v) is 3.50. The Labute approximate surface area is 113 Å². The van der Waals surface area contributed by atoms with Crippen molar-refractivity contribution in [3.05, 3.63) is 29.3 Å². The minimum absolute atomic E-state index is 0.152. The molecule has 0 atom stereocenters. The zero-order valence-corrected chi connectivity index (χ0v) is 11.5. The van der Waals surface area contributed by atoms with Crippen molar-refractivity contribution in [3.63, 3.8) is 0 Å². The third-order valence-electron chi connectivity index (χ3n) is 3.50. The molecule has 1 N–H and O–H groups in total. The van der Waals surface area contributed by atoms with Crippen molar-refractivity contribution in [1.29, 1.82) is 0 Å². The predicted octanol–water partition coefficient (Wildman–Crippen LogP) is 3.45. The van der Waals surface area contributed by atoms with Gasteiger partial charge in [0.15, 0.2) is 0 Å². The molecule has 1 aliphatic rings. The second-order valence-corrected chi connectivity index (χ2v) is 5.13. The van der Waals surface area contributed by atoms with Crippen LogP contribution in [0.4, 0.5) is 14.5 Å². The van der Waals surface area contributed by atoms with E-state index in [4.69, 9.17) is 0 Å². The van der Waals surface area contributed by atoms with Gasteiger partial charge >= 0.3 is 0 Å². The summed E-state index contributed by atoms with van der Waals surface area (Å²) in [4.78, 5) is 1.83. The molecule has 0 aliphatic carbocycles. The number of piperidine rings is 1. The van der Waals surface area contributed by atoms with Crippen molar-refractivity contribution >= 4 is 5.69 Å². The van der Waals surface area contributed by atoms with Gasteiger partial charge in [0.2, 0.25) is 0 Å². The Kier molecular flexibility index (Phi) is 5.14. The van der Waals surface area contributed by atoms with Crippen LogP contribution in [0.2, 0.25) is 0 Å². The maximum Gasteiger partial charge on any atom is 0.149 e. The number of hydrogen-bond donors (Lipinski definition) is 1. The van der Waals surface area contributed by atoms with Crippen molar-refractivity contribution in [2.45, 2.75) is 39.2 Å². The summed E-state index contributed by atoms with van der Waals surface area (Å²) in [6.07, 6.45) is 4.19. The second-order valence-electron chi connectivity index (χ2n) is 5.13. The molecule has 4 heteroatoms. The maximum absolute atomic E-state index is 14.1. The molecule has 0 unspecified atom stereocenters. The molecule has 19 heavy (non-hydrogen) atoms. The first-order valence-corrected chi connectivity index (χ1v) is 7.16. The molecule has 1 aliphatic heterocycles. The number of hydrogen-bond acceptors (Lipinski definition) is 2. The van der Waals surface area contributed by atoms with Crippen molar-refractivity contribution in [2.24, 2.45) is 0 Å². The van der Waals surface area contributed by atoms with E-state index in [0.29, 0.717) is 12.1 Å². The molecule has 0 bridgehead atoms. The van der Waals surface area contributed by atoms with Crippen LogP contribution in [0.15, 0.2) is 12.1 Å². The van der Waals surface area contributed by atoms with Gasteiger partial charge in [-0.3, -0.25) is 0 Å². The van der Waals surface area contributed by atoms with Crippen LogP contribution in [-0.4, -0.2) is 19.6 Å². The molecule has 0 spiro atoms. The standard InChI is InChI=1S/C15H22F2N2/c1-2-6-18-11-12-9-13(16)15(14(17)10-12)19-7-4-3-5-8-19/h9-10,18H,2-8,11H2,1H3. The fourth-order valence-corrected chi connectivity index (χ4v) is 2.55. The average Bonchev–Trinajstić information content (AvgIpc) is 2.39. The Morgan fingerprint density at radius 3 is 2.32 bits per heavy atom. The minimum atomic E-state index is -0.435. The maximum atomic E-state index is 14.1. The van der Waals surface area contributed by atoms with E-state index in [0.717, 1.165) is 45.3 Å². The van der Waals surface area contributed by atoms with Gasteiger partial charge in [-0.05, 0) is 49.9 Å². The molecular formula is C15H22F2N2. The molecule has 0 aromatic heterocycles. The van der Waals surface area contributed by atoms with Gasteiger partial charge in [0.25, 0.3) is 0 Å². The molecule has 0 saturated carbocycles. The molecule has 1 heterocycles. The normalized spacial score (nSPS) is 15.8. The van der Waals surface area contributed by atoms with E-state index in [2.05, 4.69) is 12.2 Å². The van der Waals surface area contributed by atoms with Crippen LogP contribution in [0.5, 0.6) is 0 Å². The van der Waals surface area contributed by atoms with Crippen LogP contribution < -0.4 is 10.2 Å².